The van der Waals surface area contributed by atoms with Crippen molar-refractivity contribution in [2.75, 3.05) is 26.2 Å². The molecule has 7 nitrogen and oxygen atoms in total. The Morgan fingerprint density at radius 1 is 1.25 bits per heavy atom. The second-order valence-electron chi connectivity index (χ2n) is 7.44. The van der Waals surface area contributed by atoms with E-state index in [1.165, 1.54) is 10.3 Å². The molecular formula is C20H22N6OS. The Morgan fingerprint density at radius 3 is 2.86 bits per heavy atom. The van der Waals surface area contributed by atoms with E-state index in [0.717, 1.165) is 53.5 Å². The summed E-state index contributed by atoms with van der Waals surface area (Å²) in [6.07, 6.45) is 3.56. The third-order valence-corrected chi connectivity index (χ3v) is 6.42. The van der Waals surface area contributed by atoms with Crippen LogP contribution in [0.15, 0.2) is 30.7 Å². The monoisotopic (exact) mass is 394 g/mol. The summed E-state index contributed by atoms with van der Waals surface area (Å²) in [6.45, 7) is 7.65. The van der Waals surface area contributed by atoms with Gasteiger partial charge in [-0.25, -0.2) is 9.50 Å². The summed E-state index contributed by atoms with van der Waals surface area (Å²) in [7, 11) is 0. The Labute approximate surface area is 166 Å². The van der Waals surface area contributed by atoms with Gasteiger partial charge in [-0.2, -0.15) is 5.10 Å². The third-order valence-electron chi connectivity index (χ3n) is 5.26. The van der Waals surface area contributed by atoms with Crippen LogP contribution in [0.25, 0.3) is 27.1 Å². The number of carbonyl (C=O) groups excluding carboxylic acids is 1. The average molecular weight is 395 g/mol. The van der Waals surface area contributed by atoms with E-state index in [9.17, 15) is 4.79 Å². The molecule has 0 atom stereocenters. The standard InChI is InChI=1S/C20H22N6OS/c1-12(2)17-18(13-3-4-16-22-11-23-26(16)10-13)24-14-9-15(28-19(14)17)20(27)25-7-5-21-6-8-25/h3-4,9-12,21,24H,5-8H2,1-2H3. The van der Waals surface area contributed by atoms with Crippen molar-refractivity contribution in [2.45, 2.75) is 19.8 Å². The van der Waals surface area contributed by atoms with Crippen LogP contribution >= 0.6 is 11.3 Å². The summed E-state index contributed by atoms with van der Waals surface area (Å²) in [4.78, 5) is 23.4. The van der Waals surface area contributed by atoms with Gasteiger partial charge < -0.3 is 15.2 Å². The number of aromatic nitrogens is 4. The largest absolute Gasteiger partial charge is 0.354 e. The van der Waals surface area contributed by atoms with Crippen molar-refractivity contribution >= 4 is 33.1 Å². The maximum atomic E-state index is 12.9. The van der Waals surface area contributed by atoms with Crippen LogP contribution in [0.4, 0.5) is 0 Å². The lowest BCUT2D eigenvalue weighted by molar-refractivity contribution is 0.0741. The second-order valence-corrected chi connectivity index (χ2v) is 8.50. The number of hydrogen-bond donors (Lipinski definition) is 2. The quantitative estimate of drug-likeness (QED) is 0.560. The van der Waals surface area contributed by atoms with Crippen LogP contribution in [0.2, 0.25) is 0 Å². The number of rotatable bonds is 3. The van der Waals surface area contributed by atoms with Crippen molar-refractivity contribution in [3.8, 4) is 11.3 Å². The van der Waals surface area contributed by atoms with E-state index < -0.39 is 0 Å². The molecular weight excluding hydrogens is 372 g/mol. The molecule has 4 aromatic heterocycles. The molecule has 5 rings (SSSR count). The molecule has 0 spiro atoms. The van der Waals surface area contributed by atoms with Gasteiger partial charge in [-0.15, -0.1) is 11.3 Å². The molecule has 2 N–H and O–H groups in total. The molecule has 28 heavy (non-hydrogen) atoms. The summed E-state index contributed by atoms with van der Waals surface area (Å²) >= 11 is 1.60. The molecule has 0 bridgehead atoms. The van der Waals surface area contributed by atoms with Gasteiger partial charge in [0.05, 0.1) is 20.8 Å². The fourth-order valence-corrected chi connectivity index (χ4v) is 5.15. The lowest BCUT2D eigenvalue weighted by atomic mass is 10.0. The molecule has 1 amide bonds. The number of hydrogen-bond acceptors (Lipinski definition) is 5. The Kier molecular flexibility index (Phi) is 4.17. The van der Waals surface area contributed by atoms with Gasteiger partial charge in [-0.05, 0) is 29.7 Å². The Balaban J connectivity index is 1.58. The van der Waals surface area contributed by atoms with E-state index >= 15 is 0 Å². The number of pyridine rings is 1. The Morgan fingerprint density at radius 2 is 2.07 bits per heavy atom. The smallest absolute Gasteiger partial charge is 0.264 e. The normalized spacial score (nSPS) is 15.2. The highest BCUT2D eigenvalue weighted by atomic mass is 32.1. The molecule has 1 aliphatic heterocycles. The van der Waals surface area contributed by atoms with Gasteiger partial charge in [0.2, 0.25) is 0 Å². The van der Waals surface area contributed by atoms with E-state index in [1.54, 1.807) is 22.2 Å². The number of nitrogens with one attached hydrogen (secondary N) is 2. The molecule has 5 heterocycles. The molecule has 144 valence electrons. The molecule has 0 saturated carbocycles. The van der Waals surface area contributed by atoms with Crippen LogP contribution in [0.3, 0.4) is 0 Å². The molecule has 0 aliphatic carbocycles. The number of nitrogens with zero attached hydrogens (tertiary/aromatic N) is 4. The van der Waals surface area contributed by atoms with Crippen molar-refractivity contribution in [1.82, 2.24) is 29.8 Å². The van der Waals surface area contributed by atoms with Crippen molar-refractivity contribution in [1.29, 1.82) is 0 Å². The van der Waals surface area contributed by atoms with Crippen molar-refractivity contribution in [3.63, 3.8) is 0 Å². The Hall–Kier alpha value is -2.71. The van der Waals surface area contributed by atoms with Crippen molar-refractivity contribution in [3.05, 3.63) is 41.2 Å². The van der Waals surface area contributed by atoms with Crippen LogP contribution < -0.4 is 5.32 Å². The zero-order valence-corrected chi connectivity index (χ0v) is 16.7. The van der Waals surface area contributed by atoms with E-state index in [2.05, 4.69) is 40.3 Å². The van der Waals surface area contributed by atoms with Crippen LogP contribution in [0.1, 0.15) is 35.0 Å². The van der Waals surface area contributed by atoms with Crippen molar-refractivity contribution in [2.24, 2.45) is 0 Å². The van der Waals surface area contributed by atoms with Crippen molar-refractivity contribution < 1.29 is 4.79 Å². The minimum absolute atomic E-state index is 0.136. The van der Waals surface area contributed by atoms with Crippen LogP contribution in [-0.2, 0) is 0 Å². The summed E-state index contributed by atoms with van der Waals surface area (Å²) in [5.41, 5.74) is 5.27. The average Bonchev–Trinajstić information content (AvgIpc) is 3.40. The number of aromatic amines is 1. The number of fused-ring (bicyclic) bond motifs is 2. The molecule has 0 unspecified atom stereocenters. The molecule has 1 saturated heterocycles. The highest BCUT2D eigenvalue weighted by Gasteiger charge is 2.24. The van der Waals surface area contributed by atoms with Crippen LogP contribution in [-0.4, -0.2) is 56.6 Å². The Bertz CT molecular complexity index is 1160. The number of carbonyl (C=O) groups is 1. The SMILES string of the molecule is CC(C)c1c(-c2ccc3ncnn3c2)[nH]c2cc(C(=O)N3CCNCC3)sc12. The predicted molar refractivity (Wildman–Crippen MR) is 111 cm³/mol. The summed E-state index contributed by atoms with van der Waals surface area (Å²) in [5, 5.41) is 7.54. The van der Waals surface area contributed by atoms with E-state index in [-0.39, 0.29) is 5.91 Å². The van der Waals surface area contributed by atoms with Gasteiger partial charge >= 0.3 is 0 Å². The van der Waals surface area contributed by atoms with Gasteiger partial charge in [0, 0.05) is 37.9 Å². The van der Waals surface area contributed by atoms with E-state index in [4.69, 9.17) is 0 Å². The number of thiophene rings is 1. The summed E-state index contributed by atoms with van der Waals surface area (Å²) in [5.74, 6) is 0.465. The zero-order valence-electron chi connectivity index (χ0n) is 15.9. The highest BCUT2D eigenvalue weighted by Crippen LogP contribution is 2.40. The molecule has 1 aliphatic rings. The minimum atomic E-state index is 0.136. The fraction of sp³-hybridized carbons (Fsp3) is 0.350. The zero-order chi connectivity index (χ0) is 19.3. The van der Waals surface area contributed by atoms with Gasteiger partial charge in [-0.1, -0.05) is 13.8 Å². The van der Waals surface area contributed by atoms with Gasteiger partial charge in [-0.3, -0.25) is 4.79 Å². The van der Waals surface area contributed by atoms with Crippen LogP contribution in [0.5, 0.6) is 0 Å². The number of piperazine rings is 1. The predicted octanol–water partition coefficient (Wildman–Crippen LogP) is 3.11. The van der Waals surface area contributed by atoms with E-state index in [0.29, 0.717) is 5.92 Å². The maximum absolute atomic E-state index is 12.9. The first-order chi connectivity index (χ1) is 13.6. The van der Waals surface area contributed by atoms with Gasteiger partial charge in [0.15, 0.2) is 5.65 Å². The molecule has 8 heteroatoms. The fourth-order valence-electron chi connectivity index (χ4n) is 3.87. The summed E-state index contributed by atoms with van der Waals surface area (Å²) < 4.78 is 2.95. The first-order valence-corrected chi connectivity index (χ1v) is 10.4. The van der Waals surface area contributed by atoms with E-state index in [1.807, 2.05) is 23.2 Å². The summed E-state index contributed by atoms with van der Waals surface area (Å²) in [6, 6.07) is 6.05. The molecule has 4 aromatic rings. The van der Waals surface area contributed by atoms with Gasteiger partial charge in [0.1, 0.15) is 6.33 Å². The number of amides is 1. The lowest BCUT2D eigenvalue weighted by Crippen LogP contribution is -2.46. The molecule has 0 aromatic carbocycles. The first-order valence-electron chi connectivity index (χ1n) is 9.57. The second kappa shape index (κ2) is 6.72. The third kappa shape index (κ3) is 2.80. The lowest BCUT2D eigenvalue weighted by Gasteiger charge is -2.26. The maximum Gasteiger partial charge on any atom is 0.264 e. The highest BCUT2D eigenvalue weighted by molar-refractivity contribution is 7.21. The van der Waals surface area contributed by atoms with Gasteiger partial charge in [0.25, 0.3) is 5.91 Å². The minimum Gasteiger partial charge on any atom is -0.354 e. The molecule has 1 fully saturated rings. The van der Waals surface area contributed by atoms with Crippen LogP contribution in [0, 0.1) is 0 Å². The topological polar surface area (TPSA) is 78.3 Å². The number of H-pyrrole nitrogens is 1. The first kappa shape index (κ1) is 17.4. The molecule has 0 radical (unpaired) electrons.